The van der Waals surface area contributed by atoms with Gasteiger partial charge in [-0.05, 0) is 88.4 Å². The molecule has 202 valence electrons. The third-order valence-corrected chi connectivity index (χ3v) is 9.23. The second-order valence-corrected chi connectivity index (χ2v) is 11.9. The van der Waals surface area contributed by atoms with Gasteiger partial charge in [0.05, 0.1) is 29.4 Å². The molecule has 1 amide bonds. The Morgan fingerprint density at radius 3 is 2.32 bits per heavy atom. The van der Waals surface area contributed by atoms with E-state index in [9.17, 15) is 18.0 Å². The van der Waals surface area contributed by atoms with Gasteiger partial charge in [0.25, 0.3) is 10.0 Å². The van der Waals surface area contributed by atoms with E-state index >= 15 is 0 Å². The molecule has 8 nitrogen and oxygen atoms in total. The summed E-state index contributed by atoms with van der Waals surface area (Å²) in [5.74, 6) is -0.469. The number of rotatable bonds is 10. The van der Waals surface area contributed by atoms with E-state index in [0.29, 0.717) is 28.6 Å². The second-order valence-electron chi connectivity index (χ2n) is 8.94. The highest BCUT2D eigenvalue weighted by Gasteiger charge is 2.30. The second kappa shape index (κ2) is 12.0. The molecule has 0 aliphatic heterocycles. The first-order valence-electron chi connectivity index (χ1n) is 12.7. The molecule has 3 aromatic rings. The third-order valence-electron chi connectivity index (χ3n) is 6.24. The summed E-state index contributed by atoms with van der Waals surface area (Å²) in [6.07, 6.45) is 3.57. The van der Waals surface area contributed by atoms with Gasteiger partial charge in [0.1, 0.15) is 17.3 Å². The van der Waals surface area contributed by atoms with Gasteiger partial charge in [-0.15, -0.1) is 11.3 Å². The van der Waals surface area contributed by atoms with Crippen LogP contribution in [0.15, 0.2) is 53.4 Å². The van der Waals surface area contributed by atoms with E-state index in [1.54, 1.807) is 43.3 Å². The lowest BCUT2D eigenvalue weighted by molar-refractivity contribution is -0.114. The van der Waals surface area contributed by atoms with E-state index in [1.807, 2.05) is 13.8 Å². The van der Waals surface area contributed by atoms with E-state index in [0.717, 1.165) is 46.0 Å². The van der Waals surface area contributed by atoms with E-state index in [2.05, 4.69) is 5.32 Å². The maximum Gasteiger partial charge on any atom is 0.341 e. The maximum atomic E-state index is 13.7. The predicted octanol–water partition coefficient (Wildman–Crippen LogP) is 5.34. The Morgan fingerprint density at radius 2 is 1.66 bits per heavy atom. The largest absolute Gasteiger partial charge is 0.494 e. The van der Waals surface area contributed by atoms with Crippen LogP contribution < -0.4 is 14.4 Å². The summed E-state index contributed by atoms with van der Waals surface area (Å²) in [6.45, 7) is 5.70. The zero-order valence-corrected chi connectivity index (χ0v) is 23.4. The molecule has 4 rings (SSSR count). The van der Waals surface area contributed by atoms with Crippen LogP contribution in [-0.4, -0.2) is 40.1 Å². The van der Waals surface area contributed by atoms with Crippen LogP contribution in [0, 0.1) is 6.92 Å². The lowest BCUT2D eigenvalue weighted by Gasteiger charge is -2.24. The van der Waals surface area contributed by atoms with Gasteiger partial charge in [-0.1, -0.05) is 17.7 Å². The Bertz CT molecular complexity index is 1400. The first-order chi connectivity index (χ1) is 18.2. The van der Waals surface area contributed by atoms with Gasteiger partial charge in [-0.25, -0.2) is 13.2 Å². The fraction of sp³-hybridized carbons (Fsp3) is 0.357. The van der Waals surface area contributed by atoms with Crippen LogP contribution in [-0.2, 0) is 32.4 Å². The zero-order chi connectivity index (χ0) is 27.3. The normalized spacial score (nSPS) is 12.9. The summed E-state index contributed by atoms with van der Waals surface area (Å²) in [5.41, 5.74) is 2.62. The molecule has 38 heavy (non-hydrogen) atoms. The van der Waals surface area contributed by atoms with Crippen molar-refractivity contribution >= 4 is 43.9 Å². The van der Waals surface area contributed by atoms with E-state index in [1.165, 1.54) is 23.5 Å². The fourth-order valence-corrected chi connectivity index (χ4v) is 7.11. The topological polar surface area (TPSA) is 102 Å². The van der Waals surface area contributed by atoms with Gasteiger partial charge in [0, 0.05) is 4.88 Å². The van der Waals surface area contributed by atoms with Crippen LogP contribution in [0.25, 0.3) is 0 Å². The molecule has 0 unspecified atom stereocenters. The van der Waals surface area contributed by atoms with Crippen molar-refractivity contribution < 1.29 is 27.5 Å². The van der Waals surface area contributed by atoms with Crippen LogP contribution in [0.1, 0.15) is 53.1 Å². The molecule has 0 bridgehead atoms. The van der Waals surface area contributed by atoms with Crippen molar-refractivity contribution in [3.8, 4) is 5.75 Å². The summed E-state index contributed by atoms with van der Waals surface area (Å²) in [5, 5.41) is 3.23. The van der Waals surface area contributed by atoms with Crippen molar-refractivity contribution in [1.29, 1.82) is 0 Å². The molecular formula is C28H32N2O6S2. The minimum Gasteiger partial charge on any atom is -0.494 e. The van der Waals surface area contributed by atoms with E-state index < -0.39 is 28.4 Å². The van der Waals surface area contributed by atoms with Gasteiger partial charge in [-0.2, -0.15) is 0 Å². The number of aryl methyl sites for hydroxylation is 2. The first kappa shape index (κ1) is 27.7. The average molecular weight is 557 g/mol. The quantitative estimate of drug-likeness (QED) is 0.338. The van der Waals surface area contributed by atoms with Crippen LogP contribution in [0.3, 0.4) is 0 Å². The van der Waals surface area contributed by atoms with Crippen molar-refractivity contribution in [2.24, 2.45) is 0 Å². The van der Waals surface area contributed by atoms with Crippen LogP contribution >= 0.6 is 11.3 Å². The van der Waals surface area contributed by atoms with Gasteiger partial charge in [0.2, 0.25) is 5.91 Å². The molecule has 1 aromatic heterocycles. The van der Waals surface area contributed by atoms with Crippen LogP contribution in [0.2, 0.25) is 0 Å². The molecular weight excluding hydrogens is 524 g/mol. The standard InChI is InChI=1S/C28H32N2O6S2/c1-4-35-21-14-16-22(17-15-21)38(33,34)30(20-12-10-19(3)11-13-20)18-25(31)29-27-26(28(32)36-5-2)23-8-6-7-9-24(23)37-27/h10-17H,4-9,18H2,1-3H3,(H,29,31). The Balaban J connectivity index is 1.65. The Morgan fingerprint density at radius 1 is 0.974 bits per heavy atom. The number of hydrogen-bond donors (Lipinski definition) is 1. The van der Waals surface area contributed by atoms with E-state index in [-0.39, 0.29) is 11.5 Å². The number of anilines is 2. The molecule has 1 N–H and O–H groups in total. The number of hydrogen-bond acceptors (Lipinski definition) is 7. The van der Waals surface area contributed by atoms with Crippen molar-refractivity contribution in [2.45, 2.75) is 51.3 Å². The van der Waals surface area contributed by atoms with Crippen LogP contribution in [0.5, 0.6) is 5.75 Å². The number of esters is 1. The molecule has 1 heterocycles. The van der Waals surface area contributed by atoms with E-state index in [4.69, 9.17) is 9.47 Å². The number of amides is 1. The summed E-state index contributed by atoms with van der Waals surface area (Å²) < 4.78 is 39.2. The zero-order valence-electron chi connectivity index (χ0n) is 21.8. The number of carbonyl (C=O) groups is 2. The summed E-state index contributed by atoms with van der Waals surface area (Å²) in [7, 11) is -4.09. The summed E-state index contributed by atoms with van der Waals surface area (Å²) in [6, 6.07) is 13.0. The lowest BCUT2D eigenvalue weighted by atomic mass is 9.95. The number of nitrogens with one attached hydrogen (secondary N) is 1. The molecule has 0 spiro atoms. The molecule has 0 radical (unpaired) electrons. The molecule has 0 saturated heterocycles. The highest BCUT2D eigenvalue weighted by atomic mass is 32.2. The smallest absolute Gasteiger partial charge is 0.341 e. The molecule has 10 heteroatoms. The van der Waals surface area contributed by atoms with Crippen molar-refractivity contribution in [1.82, 2.24) is 0 Å². The number of thiophene rings is 1. The maximum absolute atomic E-state index is 13.7. The molecule has 1 aliphatic rings. The Labute approximate surface area is 227 Å². The summed E-state index contributed by atoms with van der Waals surface area (Å²) >= 11 is 1.36. The van der Waals surface area contributed by atoms with Crippen LogP contribution in [0.4, 0.5) is 10.7 Å². The minimum atomic E-state index is -4.09. The molecule has 0 saturated carbocycles. The monoisotopic (exact) mass is 556 g/mol. The van der Waals surface area contributed by atoms with Gasteiger partial charge >= 0.3 is 5.97 Å². The van der Waals surface area contributed by atoms with Crippen molar-refractivity contribution in [2.75, 3.05) is 29.4 Å². The van der Waals surface area contributed by atoms with Crippen molar-refractivity contribution in [3.05, 3.63) is 70.1 Å². The van der Waals surface area contributed by atoms with Gasteiger partial charge < -0.3 is 14.8 Å². The highest BCUT2D eigenvalue weighted by Crippen LogP contribution is 2.38. The fourth-order valence-electron chi connectivity index (χ4n) is 4.40. The molecule has 0 atom stereocenters. The Hall–Kier alpha value is -3.37. The highest BCUT2D eigenvalue weighted by molar-refractivity contribution is 7.92. The molecule has 1 aliphatic carbocycles. The number of carbonyl (C=O) groups excluding carboxylic acids is 2. The number of nitrogens with zero attached hydrogens (tertiary/aromatic N) is 1. The van der Waals surface area contributed by atoms with Gasteiger partial charge in [0.15, 0.2) is 0 Å². The first-order valence-corrected chi connectivity index (χ1v) is 14.9. The minimum absolute atomic E-state index is 0.0353. The number of fused-ring (bicyclic) bond motifs is 1. The lowest BCUT2D eigenvalue weighted by Crippen LogP contribution is -2.38. The number of ether oxygens (including phenoxy) is 2. The van der Waals surface area contributed by atoms with Gasteiger partial charge in [-0.3, -0.25) is 9.10 Å². The molecule has 2 aromatic carbocycles. The number of benzene rings is 2. The third kappa shape index (κ3) is 6.02. The SMILES string of the molecule is CCOC(=O)c1c(NC(=O)CN(c2ccc(C)cc2)S(=O)(=O)c2ccc(OCC)cc2)sc2c1CCCC2. The Kier molecular flexibility index (Phi) is 8.73. The predicted molar refractivity (Wildman–Crippen MR) is 149 cm³/mol. The summed E-state index contributed by atoms with van der Waals surface area (Å²) in [4.78, 5) is 27.2. The molecule has 0 fully saturated rings. The van der Waals surface area contributed by atoms with Crippen molar-refractivity contribution in [3.63, 3.8) is 0 Å². The average Bonchev–Trinajstić information content (AvgIpc) is 3.26. The number of sulfonamides is 1.